The van der Waals surface area contributed by atoms with Gasteiger partial charge in [-0.05, 0) is 166 Å². The Hall–Kier alpha value is -13.7. The highest BCUT2D eigenvalue weighted by molar-refractivity contribution is 7.12. The Bertz CT molecular complexity index is 6790. The third kappa shape index (κ3) is 20.5. The second-order valence-corrected chi connectivity index (χ2v) is 28.9. The Morgan fingerprint density at radius 2 is 0.694 bits per heavy atom. The molecule has 0 aliphatic heterocycles. The number of nitrogens with zero attached hydrogens (tertiary/aromatic N) is 11. The second-order valence-electron chi connectivity index (χ2n) is 26.3. The molecule has 16 aromatic rings. The van der Waals surface area contributed by atoms with Crippen LogP contribution in [0.25, 0.3) is 89.2 Å². The van der Waals surface area contributed by atoms with E-state index < -0.39 is 88.2 Å². The number of hydrogen-bond acceptors (Lipinski definition) is 16. The van der Waals surface area contributed by atoms with Crippen LogP contribution in [0.4, 0.5) is 88.6 Å². The minimum Gasteiger partial charge on any atom is -0.322 e. The van der Waals surface area contributed by atoms with Crippen molar-refractivity contribution in [2.75, 3.05) is 21.3 Å². The molecule has 0 aliphatic rings. The number of hydrogen-bond donors (Lipinski definition) is 4. The lowest BCUT2D eigenvalue weighted by Gasteiger charge is -2.12. The maximum atomic E-state index is 13.9. The zero-order valence-corrected chi connectivity index (χ0v) is 66.7. The van der Waals surface area contributed by atoms with Crippen LogP contribution in [0.5, 0.6) is 0 Å². The summed E-state index contributed by atoms with van der Waals surface area (Å²) in [7, 11) is 0. The monoisotopic (exact) mass is 1800 g/mol. The van der Waals surface area contributed by atoms with Gasteiger partial charge in [0, 0.05) is 69.3 Å². The van der Waals surface area contributed by atoms with Gasteiger partial charge in [0.25, 0.3) is 23.6 Å². The first-order chi connectivity index (χ1) is 58.8. The number of alkyl halides is 9. The molecule has 8 aromatic heterocycles. The standard InChI is InChI=1S/3C22H12ClF5N4O.C19H12ClN3OS/c1-10-12(3-7-18(30-10)22(26,27)28)21(33)31-11-2-4-14(23)13(8-11)17-9-29-20-16(32-17)6-5-15(24)19(20)25;1-10-13(3-5-19(30-10)22(26,27)28)21(33)31-12-2-4-15(23)14(8-12)18-9-29-20-16(25)6-11(24)7-17(20)32-18;1-10-12(3-5-20(30-10)22(26,27)28)21(33)31-11-2-4-14(23)13(6-11)19-9-29-17-7-15(24)16(25)8-18(17)32-19;20-14-8-7-12(22-19(24)18-6-3-9-25-18)10-13(14)17-11-21-15-4-1-2-5-16(15)23-17/h3*2-9H,1H3,(H,31,33);1-11H,(H,22,24). The van der Waals surface area contributed by atoms with E-state index in [1.54, 1.807) is 24.4 Å². The number of pyridine rings is 3. The zero-order chi connectivity index (χ0) is 89.0. The normalized spacial score (nSPS) is 11.4. The zero-order valence-electron chi connectivity index (χ0n) is 62.8. The van der Waals surface area contributed by atoms with Crippen LogP contribution in [-0.2, 0) is 18.5 Å². The maximum absolute atomic E-state index is 13.9. The van der Waals surface area contributed by atoms with E-state index in [0.29, 0.717) is 44.0 Å². The van der Waals surface area contributed by atoms with E-state index in [2.05, 4.69) is 76.1 Å². The van der Waals surface area contributed by atoms with Crippen molar-refractivity contribution in [3.8, 4) is 45.0 Å². The number of aryl methyl sites for hydroxylation is 3. The molecule has 0 atom stereocenters. The number of nitrogens with one attached hydrogen (secondary N) is 4. The molecule has 0 fully saturated rings. The van der Waals surface area contributed by atoms with E-state index in [1.807, 2.05) is 41.8 Å². The summed E-state index contributed by atoms with van der Waals surface area (Å²) in [5.41, 5.74) is 2.38. The molecular weight excluding hydrogens is 1750 g/mol. The van der Waals surface area contributed by atoms with E-state index in [-0.39, 0.29) is 122 Å². The Balaban J connectivity index is 0.000000143. The van der Waals surface area contributed by atoms with Crippen molar-refractivity contribution >= 4 is 148 Å². The maximum Gasteiger partial charge on any atom is 0.433 e. The summed E-state index contributed by atoms with van der Waals surface area (Å²) in [4.78, 5) is 94.7. The first kappa shape index (κ1) is 88.1. The number of fused-ring (bicyclic) bond motifs is 4. The first-order valence-corrected chi connectivity index (χ1v) is 37.9. The Morgan fingerprint density at radius 1 is 0.323 bits per heavy atom. The summed E-state index contributed by atoms with van der Waals surface area (Å²) >= 11 is 26.5. The molecule has 4 N–H and O–H groups in total. The van der Waals surface area contributed by atoms with Crippen molar-refractivity contribution < 1.29 is 85.0 Å². The molecule has 0 saturated heterocycles. The SMILES string of the molecule is Cc1nc(C(F)(F)F)ccc1C(=O)Nc1ccc(Cl)c(-c2cnc3c(F)c(F)ccc3n2)c1.Cc1nc(C(F)(F)F)ccc1C(=O)Nc1ccc(Cl)c(-c2cnc3c(F)cc(F)cc3n2)c1.Cc1nc(C(F)(F)F)ccc1C(=O)Nc1ccc(Cl)c(-c2cnc3cc(F)c(F)cc3n2)c1.O=C(Nc1ccc(Cl)c(-c2cnc3ccccc3n2)c1)c1cccs1. The van der Waals surface area contributed by atoms with E-state index >= 15 is 0 Å². The number of halogens is 19. The molecule has 0 radical (unpaired) electrons. The number of benzene rings is 8. The van der Waals surface area contributed by atoms with Gasteiger partial charge in [0.2, 0.25) is 0 Å². The van der Waals surface area contributed by atoms with Crippen molar-refractivity contribution in [3.63, 3.8) is 0 Å². The van der Waals surface area contributed by atoms with Gasteiger partial charge in [0.05, 0.1) is 139 Å². The average Bonchev–Trinajstić information content (AvgIpc) is 0.895. The minimum atomic E-state index is -4.63. The molecule has 4 amide bonds. The van der Waals surface area contributed by atoms with Crippen LogP contribution in [0.2, 0.25) is 20.1 Å². The third-order valence-electron chi connectivity index (χ3n) is 17.8. The van der Waals surface area contributed by atoms with Gasteiger partial charge in [-0.2, -0.15) is 39.5 Å². The van der Waals surface area contributed by atoms with Gasteiger partial charge in [-0.1, -0.05) is 64.6 Å². The summed E-state index contributed by atoms with van der Waals surface area (Å²) in [5, 5.41) is 13.7. The number of carbonyl (C=O) groups is 4. The fourth-order valence-corrected chi connectivity index (χ4v) is 13.3. The van der Waals surface area contributed by atoms with E-state index in [9.17, 15) is 85.0 Å². The van der Waals surface area contributed by atoms with Crippen LogP contribution in [-0.4, -0.2) is 78.5 Å². The molecule has 0 unspecified atom stereocenters. The molecule has 16 rings (SSSR count). The summed E-state index contributed by atoms with van der Waals surface area (Å²) in [6.45, 7) is 3.88. The molecule has 0 spiro atoms. The predicted octanol–water partition coefficient (Wildman–Crippen LogP) is 23.9. The molecule has 19 nitrogen and oxygen atoms in total. The molecule has 626 valence electrons. The van der Waals surface area contributed by atoms with E-state index in [4.69, 9.17) is 46.4 Å². The van der Waals surface area contributed by atoms with Crippen LogP contribution in [0.1, 0.15) is 74.9 Å². The Morgan fingerprint density at radius 3 is 1.10 bits per heavy atom. The number of carbonyl (C=O) groups excluding carboxylic acids is 4. The van der Waals surface area contributed by atoms with Crippen molar-refractivity contribution in [1.29, 1.82) is 0 Å². The largest absolute Gasteiger partial charge is 0.433 e. The molecule has 0 saturated carbocycles. The molecule has 0 bridgehead atoms. The van der Waals surface area contributed by atoms with Gasteiger partial charge in [0.15, 0.2) is 29.1 Å². The molecule has 39 heteroatoms. The smallest absolute Gasteiger partial charge is 0.322 e. The lowest BCUT2D eigenvalue weighted by atomic mass is 10.1. The third-order valence-corrected chi connectivity index (χ3v) is 20.0. The summed E-state index contributed by atoms with van der Waals surface area (Å²) < 4.78 is 197. The van der Waals surface area contributed by atoms with Gasteiger partial charge in [0.1, 0.15) is 33.9 Å². The van der Waals surface area contributed by atoms with Crippen LogP contribution < -0.4 is 21.3 Å². The summed E-state index contributed by atoms with van der Waals surface area (Å²) in [5.74, 6) is -8.19. The fraction of sp³-hybridized carbons (Fsp3) is 0.0706. The van der Waals surface area contributed by atoms with Crippen molar-refractivity contribution in [3.05, 3.63) is 323 Å². The van der Waals surface area contributed by atoms with Crippen molar-refractivity contribution in [2.24, 2.45) is 0 Å². The Labute approximate surface area is 712 Å². The van der Waals surface area contributed by atoms with Gasteiger partial charge >= 0.3 is 18.5 Å². The minimum absolute atomic E-state index is 0.0260. The highest BCUT2D eigenvalue weighted by Gasteiger charge is 2.36. The molecular formula is C85H48Cl4F15N15O4S. The Kier molecular flexibility index (Phi) is 25.9. The number of rotatable bonds is 12. The van der Waals surface area contributed by atoms with E-state index in [1.165, 1.54) is 111 Å². The number of thiophene rings is 1. The molecule has 0 aliphatic carbocycles. The molecule has 124 heavy (non-hydrogen) atoms. The van der Waals surface area contributed by atoms with Gasteiger partial charge < -0.3 is 21.3 Å². The number of amides is 4. The predicted molar refractivity (Wildman–Crippen MR) is 438 cm³/mol. The van der Waals surface area contributed by atoms with Gasteiger partial charge in [-0.25, -0.2) is 71.2 Å². The summed E-state index contributed by atoms with van der Waals surface area (Å²) in [6.07, 6.45) is -8.41. The first-order valence-electron chi connectivity index (χ1n) is 35.5. The topological polar surface area (TPSA) is 258 Å². The highest BCUT2D eigenvalue weighted by Crippen LogP contribution is 2.38. The number of anilines is 4. The van der Waals surface area contributed by atoms with E-state index in [0.717, 1.165) is 77.3 Å². The quantitative estimate of drug-likeness (QED) is 0.0829. The lowest BCUT2D eigenvalue weighted by Crippen LogP contribution is -2.16. The van der Waals surface area contributed by atoms with Gasteiger partial charge in [-0.15, -0.1) is 11.3 Å². The van der Waals surface area contributed by atoms with Crippen LogP contribution >= 0.6 is 57.7 Å². The lowest BCUT2D eigenvalue weighted by molar-refractivity contribution is -0.142. The number of aromatic nitrogens is 11. The van der Waals surface area contributed by atoms with Crippen molar-refractivity contribution in [2.45, 2.75) is 39.3 Å². The van der Waals surface area contributed by atoms with Crippen LogP contribution in [0.15, 0.2) is 212 Å². The average molecular weight is 1800 g/mol. The molecule has 8 heterocycles. The van der Waals surface area contributed by atoms with Crippen molar-refractivity contribution in [1.82, 2.24) is 54.8 Å². The summed E-state index contributed by atoms with van der Waals surface area (Å²) in [6, 6.07) is 40.9. The van der Waals surface area contributed by atoms with Crippen LogP contribution in [0, 0.1) is 55.7 Å². The van der Waals surface area contributed by atoms with Gasteiger partial charge in [-0.3, -0.25) is 29.1 Å². The highest BCUT2D eigenvalue weighted by atomic mass is 35.5. The fourth-order valence-electron chi connectivity index (χ4n) is 11.8. The number of para-hydroxylation sites is 2. The second kappa shape index (κ2) is 36.5. The van der Waals surface area contributed by atoms with Crippen LogP contribution in [0.3, 0.4) is 0 Å². The molecule has 8 aromatic carbocycles.